The Kier molecular flexibility index (Phi) is 6.16. The van der Waals surface area contributed by atoms with E-state index in [2.05, 4.69) is 5.32 Å². The number of methoxy groups -OCH3 is 1. The molecule has 11 heteroatoms. The zero-order valence-electron chi connectivity index (χ0n) is 15.0. The largest absolute Gasteiger partial charge is 0.493 e. The van der Waals surface area contributed by atoms with Gasteiger partial charge in [-0.3, -0.25) is 19.8 Å². The van der Waals surface area contributed by atoms with Gasteiger partial charge in [0.2, 0.25) is 0 Å². The lowest BCUT2D eigenvalue weighted by atomic mass is 10.1. The highest BCUT2D eigenvalue weighted by Crippen LogP contribution is 2.35. The highest BCUT2D eigenvalue weighted by atomic mass is 16.6. The normalized spacial score (nSPS) is 14.3. The predicted octanol–water partition coefficient (Wildman–Crippen LogP) is 1.10. The van der Waals surface area contributed by atoms with Crippen LogP contribution in [0.25, 0.3) is 0 Å². The molecule has 1 aliphatic heterocycles. The Balaban J connectivity index is 2.28. The number of nitro benzene ring substituents is 1. The number of carbonyl (C=O) groups is 3. The molecule has 1 atom stereocenters. The standard InChI is InChI=1S/C16H19N3O8/c1-4-26-13-7-10(11(19(23)24)8-12(13)25-3)15(21)27-9(2)14(20)18-6-5-17-16(18)22/h7-9H,4-6H2,1-3H3,(H,17,22). The molecule has 1 heterocycles. The summed E-state index contributed by atoms with van der Waals surface area (Å²) >= 11 is 0. The predicted molar refractivity (Wildman–Crippen MR) is 90.8 cm³/mol. The van der Waals surface area contributed by atoms with E-state index in [-0.39, 0.29) is 24.7 Å². The maximum Gasteiger partial charge on any atom is 0.346 e. The smallest absolute Gasteiger partial charge is 0.346 e. The molecule has 146 valence electrons. The summed E-state index contributed by atoms with van der Waals surface area (Å²) in [6.07, 6.45) is -1.31. The lowest BCUT2D eigenvalue weighted by molar-refractivity contribution is -0.385. The Morgan fingerprint density at radius 3 is 2.59 bits per heavy atom. The van der Waals surface area contributed by atoms with Crippen LogP contribution in [0, 0.1) is 10.1 Å². The number of nitro groups is 1. The third kappa shape index (κ3) is 4.25. The lowest BCUT2D eigenvalue weighted by Gasteiger charge is -2.18. The second kappa shape index (κ2) is 8.34. The maximum atomic E-state index is 12.4. The number of ether oxygens (including phenoxy) is 3. The van der Waals surface area contributed by atoms with E-state index in [1.165, 1.54) is 14.0 Å². The molecule has 1 saturated heterocycles. The quantitative estimate of drug-likeness (QED) is 0.421. The van der Waals surface area contributed by atoms with Gasteiger partial charge in [-0.05, 0) is 13.8 Å². The minimum atomic E-state index is -1.31. The number of nitrogens with zero attached hydrogens (tertiary/aromatic N) is 2. The van der Waals surface area contributed by atoms with E-state index < -0.39 is 40.2 Å². The van der Waals surface area contributed by atoms with Crippen molar-refractivity contribution >= 4 is 23.6 Å². The number of esters is 1. The van der Waals surface area contributed by atoms with Crippen molar-refractivity contribution in [2.45, 2.75) is 20.0 Å². The van der Waals surface area contributed by atoms with Crippen molar-refractivity contribution in [3.05, 3.63) is 27.8 Å². The van der Waals surface area contributed by atoms with Gasteiger partial charge in [0, 0.05) is 19.2 Å². The SMILES string of the molecule is CCOc1cc(C(=O)OC(C)C(=O)N2CCNC2=O)c([N+](=O)[O-])cc1OC. The minimum absolute atomic E-state index is 0.0814. The van der Waals surface area contributed by atoms with Crippen molar-refractivity contribution in [2.75, 3.05) is 26.8 Å². The summed E-state index contributed by atoms with van der Waals surface area (Å²) in [6, 6.07) is 1.59. The van der Waals surface area contributed by atoms with Gasteiger partial charge in [-0.2, -0.15) is 0 Å². The van der Waals surface area contributed by atoms with Crippen molar-refractivity contribution in [3.63, 3.8) is 0 Å². The molecule has 1 N–H and O–H groups in total. The minimum Gasteiger partial charge on any atom is -0.493 e. The number of carbonyl (C=O) groups excluding carboxylic acids is 3. The monoisotopic (exact) mass is 381 g/mol. The highest BCUT2D eigenvalue weighted by molar-refractivity contribution is 6.00. The molecule has 0 bridgehead atoms. The van der Waals surface area contributed by atoms with Crippen LogP contribution in [-0.4, -0.2) is 60.6 Å². The van der Waals surface area contributed by atoms with Gasteiger partial charge in [0.05, 0.1) is 24.7 Å². The summed E-state index contributed by atoms with van der Waals surface area (Å²) in [5.41, 5.74) is -0.950. The molecule has 1 aromatic rings. The molecule has 1 aromatic carbocycles. The first-order valence-electron chi connectivity index (χ1n) is 8.09. The number of nitrogens with one attached hydrogen (secondary N) is 1. The molecule has 11 nitrogen and oxygen atoms in total. The lowest BCUT2D eigenvalue weighted by Crippen LogP contribution is -2.41. The molecule has 0 spiro atoms. The van der Waals surface area contributed by atoms with Crippen LogP contribution in [0.5, 0.6) is 11.5 Å². The van der Waals surface area contributed by atoms with Gasteiger partial charge in [-0.1, -0.05) is 0 Å². The van der Waals surface area contributed by atoms with Crippen LogP contribution in [0.1, 0.15) is 24.2 Å². The van der Waals surface area contributed by atoms with E-state index >= 15 is 0 Å². The van der Waals surface area contributed by atoms with E-state index in [1.807, 2.05) is 0 Å². The third-order valence-electron chi connectivity index (χ3n) is 3.75. The number of imide groups is 1. The van der Waals surface area contributed by atoms with Crippen molar-refractivity contribution in [1.29, 1.82) is 0 Å². The topological polar surface area (TPSA) is 137 Å². The number of hydrogen-bond acceptors (Lipinski definition) is 8. The molecular formula is C16H19N3O8. The van der Waals surface area contributed by atoms with E-state index in [0.29, 0.717) is 6.54 Å². The van der Waals surface area contributed by atoms with Crippen LogP contribution in [0.4, 0.5) is 10.5 Å². The first-order valence-corrected chi connectivity index (χ1v) is 8.09. The molecule has 2 rings (SSSR count). The molecule has 1 aliphatic rings. The molecule has 0 aromatic heterocycles. The number of benzene rings is 1. The summed E-state index contributed by atoms with van der Waals surface area (Å²) in [4.78, 5) is 47.7. The van der Waals surface area contributed by atoms with Gasteiger partial charge in [-0.25, -0.2) is 9.59 Å². The van der Waals surface area contributed by atoms with Gasteiger partial charge in [-0.15, -0.1) is 0 Å². The summed E-state index contributed by atoms with van der Waals surface area (Å²) in [5, 5.41) is 13.8. The first kappa shape index (κ1) is 19.9. The Morgan fingerprint density at radius 2 is 2.07 bits per heavy atom. The van der Waals surface area contributed by atoms with Gasteiger partial charge < -0.3 is 19.5 Å². The van der Waals surface area contributed by atoms with E-state index in [4.69, 9.17) is 14.2 Å². The number of hydrogen-bond donors (Lipinski definition) is 1. The fraction of sp³-hybridized carbons (Fsp3) is 0.438. The summed E-state index contributed by atoms with van der Waals surface area (Å²) in [7, 11) is 1.31. The zero-order chi connectivity index (χ0) is 20.1. The highest BCUT2D eigenvalue weighted by Gasteiger charge is 2.33. The van der Waals surface area contributed by atoms with Gasteiger partial charge >= 0.3 is 12.0 Å². The summed E-state index contributed by atoms with van der Waals surface area (Å²) in [5.74, 6) is -1.61. The second-order valence-electron chi connectivity index (χ2n) is 5.48. The second-order valence-corrected chi connectivity index (χ2v) is 5.48. The van der Waals surface area contributed by atoms with Crippen LogP contribution in [0.15, 0.2) is 12.1 Å². The molecule has 0 aliphatic carbocycles. The van der Waals surface area contributed by atoms with Crippen molar-refractivity contribution < 1.29 is 33.5 Å². The molecule has 1 unspecified atom stereocenters. The third-order valence-corrected chi connectivity index (χ3v) is 3.75. The van der Waals surface area contributed by atoms with Crippen LogP contribution < -0.4 is 14.8 Å². The Labute approximate surface area is 154 Å². The average molecular weight is 381 g/mol. The van der Waals surface area contributed by atoms with Crippen molar-refractivity contribution in [2.24, 2.45) is 0 Å². The first-order chi connectivity index (χ1) is 12.8. The molecule has 3 amide bonds. The average Bonchev–Trinajstić information content (AvgIpc) is 3.06. The molecular weight excluding hydrogens is 362 g/mol. The van der Waals surface area contributed by atoms with Gasteiger partial charge in [0.15, 0.2) is 17.6 Å². The van der Waals surface area contributed by atoms with Crippen LogP contribution in [-0.2, 0) is 9.53 Å². The van der Waals surface area contributed by atoms with E-state index in [1.54, 1.807) is 6.92 Å². The van der Waals surface area contributed by atoms with Gasteiger partial charge in [0.25, 0.3) is 11.6 Å². The zero-order valence-corrected chi connectivity index (χ0v) is 15.0. The molecule has 0 radical (unpaired) electrons. The van der Waals surface area contributed by atoms with E-state index in [9.17, 15) is 24.5 Å². The number of urea groups is 1. The number of amides is 3. The van der Waals surface area contributed by atoms with Crippen molar-refractivity contribution in [1.82, 2.24) is 10.2 Å². The molecule has 1 fully saturated rings. The Bertz CT molecular complexity index is 779. The summed E-state index contributed by atoms with van der Waals surface area (Å²) in [6.45, 7) is 3.66. The fourth-order valence-electron chi connectivity index (χ4n) is 2.47. The molecule has 27 heavy (non-hydrogen) atoms. The van der Waals surface area contributed by atoms with Crippen molar-refractivity contribution in [3.8, 4) is 11.5 Å². The molecule has 0 saturated carbocycles. The Morgan fingerprint density at radius 1 is 1.37 bits per heavy atom. The van der Waals surface area contributed by atoms with Crippen LogP contribution >= 0.6 is 0 Å². The van der Waals surface area contributed by atoms with Crippen LogP contribution in [0.3, 0.4) is 0 Å². The van der Waals surface area contributed by atoms with Crippen LogP contribution in [0.2, 0.25) is 0 Å². The maximum absolute atomic E-state index is 12.4. The fourth-order valence-corrected chi connectivity index (χ4v) is 2.47. The Hall–Kier alpha value is -3.37. The van der Waals surface area contributed by atoms with E-state index in [0.717, 1.165) is 17.0 Å². The summed E-state index contributed by atoms with van der Waals surface area (Å²) < 4.78 is 15.4. The van der Waals surface area contributed by atoms with Gasteiger partial charge in [0.1, 0.15) is 5.56 Å². The number of rotatable bonds is 7.